The van der Waals surface area contributed by atoms with Gasteiger partial charge in [-0.2, -0.15) is 4.37 Å². The Morgan fingerprint density at radius 2 is 1.94 bits per heavy atom. The second-order valence-electron chi connectivity index (χ2n) is 4.73. The summed E-state index contributed by atoms with van der Waals surface area (Å²) >= 11 is 1.42. The maximum absolute atomic E-state index is 6.15. The molecule has 1 aromatic rings. The molecule has 3 N–H and O–H groups in total. The second kappa shape index (κ2) is 6.91. The van der Waals surface area contributed by atoms with Crippen molar-refractivity contribution in [2.45, 2.75) is 52.5 Å². The molecule has 0 fully saturated rings. The standard InChI is InChI=1S/C12H24N4S/c1-5-9(6-2)10(13)7-14-12-15-11(8(3)4)16-17-12/h8-10H,5-7,13H2,1-4H3,(H,14,15,16). The van der Waals surface area contributed by atoms with Gasteiger partial charge >= 0.3 is 0 Å². The van der Waals surface area contributed by atoms with E-state index in [1.807, 2.05) is 0 Å². The molecule has 4 nitrogen and oxygen atoms in total. The van der Waals surface area contributed by atoms with E-state index in [-0.39, 0.29) is 6.04 Å². The van der Waals surface area contributed by atoms with Crippen molar-refractivity contribution in [2.24, 2.45) is 11.7 Å². The van der Waals surface area contributed by atoms with E-state index in [4.69, 9.17) is 5.73 Å². The van der Waals surface area contributed by atoms with Crippen LogP contribution in [0, 0.1) is 5.92 Å². The topological polar surface area (TPSA) is 63.8 Å². The normalized spacial score (nSPS) is 13.4. The van der Waals surface area contributed by atoms with Gasteiger partial charge in [0.25, 0.3) is 0 Å². The molecule has 0 aliphatic heterocycles. The lowest BCUT2D eigenvalue weighted by molar-refractivity contribution is 0.407. The molecule has 0 aliphatic rings. The van der Waals surface area contributed by atoms with Crippen LogP contribution in [-0.4, -0.2) is 21.9 Å². The van der Waals surface area contributed by atoms with Crippen molar-refractivity contribution in [3.63, 3.8) is 0 Å². The Kier molecular flexibility index (Phi) is 5.85. The molecule has 0 aliphatic carbocycles. The molecule has 1 atom stereocenters. The van der Waals surface area contributed by atoms with Crippen molar-refractivity contribution in [2.75, 3.05) is 11.9 Å². The van der Waals surface area contributed by atoms with E-state index in [0.29, 0.717) is 11.8 Å². The molecule has 0 radical (unpaired) electrons. The van der Waals surface area contributed by atoms with Gasteiger partial charge in [0, 0.05) is 30.0 Å². The van der Waals surface area contributed by atoms with Crippen LogP contribution in [0.25, 0.3) is 0 Å². The van der Waals surface area contributed by atoms with Gasteiger partial charge in [-0.15, -0.1) is 0 Å². The van der Waals surface area contributed by atoms with Crippen LogP contribution in [-0.2, 0) is 0 Å². The van der Waals surface area contributed by atoms with Crippen molar-refractivity contribution in [1.82, 2.24) is 9.36 Å². The van der Waals surface area contributed by atoms with E-state index < -0.39 is 0 Å². The molecule has 98 valence electrons. The maximum Gasteiger partial charge on any atom is 0.202 e. The summed E-state index contributed by atoms with van der Waals surface area (Å²) in [6, 6.07) is 0.191. The zero-order valence-electron chi connectivity index (χ0n) is 11.2. The van der Waals surface area contributed by atoms with Crippen molar-refractivity contribution < 1.29 is 0 Å². The highest BCUT2D eigenvalue weighted by atomic mass is 32.1. The molecule has 1 heterocycles. The maximum atomic E-state index is 6.15. The molecule has 17 heavy (non-hydrogen) atoms. The lowest BCUT2D eigenvalue weighted by atomic mass is 9.95. The summed E-state index contributed by atoms with van der Waals surface area (Å²) in [6.45, 7) is 9.36. The summed E-state index contributed by atoms with van der Waals surface area (Å²) in [6.07, 6.45) is 2.26. The van der Waals surface area contributed by atoms with Crippen molar-refractivity contribution >= 4 is 16.7 Å². The highest BCUT2D eigenvalue weighted by Gasteiger charge is 2.14. The lowest BCUT2D eigenvalue weighted by Gasteiger charge is -2.21. The lowest BCUT2D eigenvalue weighted by Crippen LogP contribution is -2.36. The first-order valence-corrected chi connectivity index (χ1v) is 7.18. The molecule has 0 bridgehead atoms. The summed E-state index contributed by atoms with van der Waals surface area (Å²) < 4.78 is 4.31. The third kappa shape index (κ3) is 4.24. The second-order valence-corrected chi connectivity index (χ2v) is 5.49. The highest BCUT2D eigenvalue weighted by molar-refractivity contribution is 7.09. The van der Waals surface area contributed by atoms with Gasteiger partial charge in [-0.25, -0.2) is 4.98 Å². The quantitative estimate of drug-likeness (QED) is 0.787. The van der Waals surface area contributed by atoms with E-state index in [1.165, 1.54) is 11.5 Å². The van der Waals surface area contributed by atoms with Crippen molar-refractivity contribution in [1.29, 1.82) is 0 Å². The van der Waals surface area contributed by atoms with Gasteiger partial charge < -0.3 is 11.1 Å². The molecule has 5 heteroatoms. The minimum absolute atomic E-state index is 0.191. The van der Waals surface area contributed by atoms with Crippen LogP contribution >= 0.6 is 11.5 Å². The Bertz CT molecular complexity index is 320. The zero-order chi connectivity index (χ0) is 12.8. The first kappa shape index (κ1) is 14.4. The van der Waals surface area contributed by atoms with E-state index in [1.54, 1.807) is 0 Å². The van der Waals surface area contributed by atoms with Crippen LogP contribution in [0.5, 0.6) is 0 Å². The van der Waals surface area contributed by atoms with E-state index >= 15 is 0 Å². The third-order valence-electron chi connectivity index (χ3n) is 3.10. The molecule has 0 saturated heterocycles. The molecule has 0 aromatic carbocycles. The fraction of sp³-hybridized carbons (Fsp3) is 0.833. The summed E-state index contributed by atoms with van der Waals surface area (Å²) in [4.78, 5) is 4.43. The smallest absolute Gasteiger partial charge is 0.202 e. The third-order valence-corrected chi connectivity index (χ3v) is 3.79. The largest absolute Gasteiger partial charge is 0.359 e. The van der Waals surface area contributed by atoms with Crippen molar-refractivity contribution in [3.05, 3.63) is 5.82 Å². The minimum Gasteiger partial charge on any atom is -0.359 e. The summed E-state index contributed by atoms with van der Waals surface area (Å²) in [5.41, 5.74) is 6.15. The average molecular weight is 256 g/mol. The molecule has 1 rings (SSSR count). The van der Waals surface area contributed by atoms with Gasteiger partial charge in [0.15, 0.2) is 0 Å². The predicted octanol–water partition coefficient (Wildman–Crippen LogP) is 2.84. The number of rotatable bonds is 7. The van der Waals surface area contributed by atoms with Gasteiger partial charge in [0.1, 0.15) is 5.82 Å². The van der Waals surface area contributed by atoms with Gasteiger partial charge in [-0.05, 0) is 5.92 Å². The van der Waals surface area contributed by atoms with E-state index in [9.17, 15) is 0 Å². The molecule has 1 unspecified atom stereocenters. The van der Waals surface area contributed by atoms with Crippen LogP contribution < -0.4 is 11.1 Å². The Morgan fingerprint density at radius 1 is 1.29 bits per heavy atom. The number of hydrogen-bond acceptors (Lipinski definition) is 5. The monoisotopic (exact) mass is 256 g/mol. The van der Waals surface area contributed by atoms with Gasteiger partial charge in [-0.3, -0.25) is 0 Å². The predicted molar refractivity (Wildman–Crippen MR) is 74.5 cm³/mol. The Balaban J connectivity index is 2.44. The van der Waals surface area contributed by atoms with Gasteiger partial charge in [0.2, 0.25) is 5.13 Å². The van der Waals surface area contributed by atoms with Crippen LogP contribution in [0.3, 0.4) is 0 Å². The van der Waals surface area contributed by atoms with Crippen LogP contribution in [0.4, 0.5) is 5.13 Å². The minimum atomic E-state index is 0.191. The Hall–Kier alpha value is -0.680. The number of aromatic nitrogens is 2. The summed E-state index contributed by atoms with van der Waals surface area (Å²) in [5.74, 6) is 1.88. The van der Waals surface area contributed by atoms with Crippen molar-refractivity contribution in [3.8, 4) is 0 Å². The molecular formula is C12H24N4S. The van der Waals surface area contributed by atoms with Crippen LogP contribution in [0.15, 0.2) is 0 Å². The van der Waals surface area contributed by atoms with Gasteiger partial charge in [0.05, 0.1) is 0 Å². The molecular weight excluding hydrogens is 232 g/mol. The molecule has 1 aromatic heterocycles. The number of hydrogen-bond donors (Lipinski definition) is 2. The van der Waals surface area contributed by atoms with E-state index in [2.05, 4.69) is 42.4 Å². The number of anilines is 1. The number of nitrogens with two attached hydrogens (primary N) is 1. The molecule has 0 amide bonds. The average Bonchev–Trinajstić information content (AvgIpc) is 2.76. The SMILES string of the molecule is CCC(CC)C(N)CNc1nc(C(C)C)ns1. The summed E-state index contributed by atoms with van der Waals surface area (Å²) in [5, 5.41) is 4.17. The number of nitrogens with one attached hydrogen (secondary N) is 1. The van der Waals surface area contributed by atoms with Crippen LogP contribution in [0.1, 0.15) is 52.3 Å². The first-order chi connectivity index (χ1) is 8.08. The molecule has 0 spiro atoms. The zero-order valence-corrected chi connectivity index (χ0v) is 12.0. The van der Waals surface area contributed by atoms with E-state index in [0.717, 1.165) is 30.3 Å². The highest BCUT2D eigenvalue weighted by Crippen LogP contribution is 2.18. The fourth-order valence-corrected chi connectivity index (χ4v) is 2.52. The number of nitrogens with zero attached hydrogens (tertiary/aromatic N) is 2. The fourth-order valence-electron chi connectivity index (χ4n) is 1.81. The summed E-state index contributed by atoms with van der Waals surface area (Å²) in [7, 11) is 0. The molecule has 0 saturated carbocycles. The van der Waals surface area contributed by atoms with Gasteiger partial charge in [-0.1, -0.05) is 40.5 Å². The van der Waals surface area contributed by atoms with Crippen LogP contribution in [0.2, 0.25) is 0 Å². The Labute approximate surface area is 108 Å². The Morgan fingerprint density at radius 3 is 2.41 bits per heavy atom. The first-order valence-electron chi connectivity index (χ1n) is 6.41.